The summed E-state index contributed by atoms with van der Waals surface area (Å²) in [6.45, 7) is 2.14. The van der Waals surface area contributed by atoms with E-state index in [0.29, 0.717) is 11.7 Å². The molecule has 1 aromatic heterocycles. The smallest absolute Gasteiger partial charge is 0.161 e. The fourth-order valence-corrected chi connectivity index (χ4v) is 2.71. The Morgan fingerprint density at radius 1 is 1.26 bits per heavy atom. The van der Waals surface area contributed by atoms with Crippen molar-refractivity contribution < 1.29 is 9.47 Å². The van der Waals surface area contributed by atoms with E-state index in [0.717, 1.165) is 27.9 Å². The molecular formula is C13H16BrN3O2. The molecule has 1 unspecified atom stereocenters. The highest BCUT2D eigenvalue weighted by molar-refractivity contribution is 9.10. The van der Waals surface area contributed by atoms with Crippen molar-refractivity contribution in [1.82, 2.24) is 15.4 Å². The van der Waals surface area contributed by atoms with E-state index < -0.39 is 0 Å². The van der Waals surface area contributed by atoms with Gasteiger partial charge in [0.2, 0.25) is 0 Å². The number of aromatic amines is 1. The number of rotatable bonds is 5. The minimum Gasteiger partial charge on any atom is -0.493 e. The number of nitrogens with one attached hydrogen (secondary N) is 1. The van der Waals surface area contributed by atoms with Crippen LogP contribution >= 0.6 is 15.9 Å². The van der Waals surface area contributed by atoms with E-state index in [1.54, 1.807) is 20.4 Å². The van der Waals surface area contributed by atoms with Gasteiger partial charge in [0.15, 0.2) is 11.5 Å². The van der Waals surface area contributed by atoms with Crippen molar-refractivity contribution in [1.29, 1.82) is 0 Å². The van der Waals surface area contributed by atoms with Crippen molar-refractivity contribution in [2.75, 3.05) is 14.2 Å². The van der Waals surface area contributed by atoms with Crippen molar-refractivity contribution in [2.24, 2.45) is 0 Å². The number of aromatic nitrogens is 3. The second-order valence-electron chi connectivity index (χ2n) is 4.30. The van der Waals surface area contributed by atoms with E-state index in [4.69, 9.17) is 9.47 Å². The first kappa shape index (κ1) is 13.9. The van der Waals surface area contributed by atoms with Gasteiger partial charge in [-0.1, -0.05) is 22.9 Å². The second-order valence-corrected chi connectivity index (χ2v) is 5.15. The quantitative estimate of drug-likeness (QED) is 0.918. The fourth-order valence-electron chi connectivity index (χ4n) is 1.99. The third-order valence-electron chi connectivity index (χ3n) is 3.01. The average molecular weight is 326 g/mol. The Bertz CT molecular complexity index is 543. The molecule has 1 N–H and O–H groups in total. The Morgan fingerprint density at radius 3 is 2.53 bits per heavy atom. The summed E-state index contributed by atoms with van der Waals surface area (Å²) in [5.41, 5.74) is 2.09. The molecule has 0 radical (unpaired) electrons. The molecule has 0 aliphatic heterocycles. The first-order valence-electron chi connectivity index (χ1n) is 5.91. The molecule has 0 fully saturated rings. The molecule has 2 aromatic rings. The van der Waals surface area contributed by atoms with Gasteiger partial charge in [-0.25, -0.2) is 0 Å². The summed E-state index contributed by atoms with van der Waals surface area (Å²) < 4.78 is 11.6. The van der Waals surface area contributed by atoms with Gasteiger partial charge in [-0.2, -0.15) is 15.4 Å². The van der Waals surface area contributed by atoms with Crippen LogP contribution in [0.3, 0.4) is 0 Å². The summed E-state index contributed by atoms with van der Waals surface area (Å²) in [6, 6.07) is 3.92. The Balaban J connectivity index is 2.28. The van der Waals surface area contributed by atoms with Crippen molar-refractivity contribution in [3.05, 3.63) is 34.1 Å². The lowest BCUT2D eigenvalue weighted by molar-refractivity contribution is 0.354. The Morgan fingerprint density at radius 2 is 1.95 bits per heavy atom. The van der Waals surface area contributed by atoms with Gasteiger partial charge in [0.25, 0.3) is 0 Å². The lowest BCUT2D eigenvalue weighted by Gasteiger charge is -2.16. The maximum atomic E-state index is 5.34. The predicted molar refractivity (Wildman–Crippen MR) is 75.7 cm³/mol. The van der Waals surface area contributed by atoms with Crippen LogP contribution < -0.4 is 9.47 Å². The summed E-state index contributed by atoms with van der Waals surface area (Å²) in [5.74, 6) is 1.73. The largest absolute Gasteiger partial charge is 0.493 e. The number of hydrogen-bond donors (Lipinski definition) is 1. The van der Waals surface area contributed by atoms with Crippen molar-refractivity contribution in [3.8, 4) is 11.5 Å². The molecule has 102 valence electrons. The third kappa shape index (κ3) is 3.07. The summed E-state index contributed by atoms with van der Waals surface area (Å²) in [7, 11) is 3.26. The van der Waals surface area contributed by atoms with Crippen LogP contribution in [0, 0.1) is 0 Å². The first-order valence-corrected chi connectivity index (χ1v) is 6.71. The number of hydrogen-bond acceptors (Lipinski definition) is 4. The van der Waals surface area contributed by atoms with Gasteiger partial charge in [-0.05, 0) is 30.0 Å². The summed E-state index contributed by atoms with van der Waals surface area (Å²) >= 11 is 3.58. The molecule has 1 aromatic carbocycles. The molecule has 0 spiro atoms. The number of ether oxygens (including phenoxy) is 2. The minimum absolute atomic E-state index is 0.291. The van der Waals surface area contributed by atoms with E-state index >= 15 is 0 Å². The van der Waals surface area contributed by atoms with Gasteiger partial charge < -0.3 is 9.47 Å². The SMILES string of the molecule is COc1cc(Br)c(C(C)Cc2cn[nH]n2)cc1OC. The van der Waals surface area contributed by atoms with Gasteiger partial charge in [0.1, 0.15) is 0 Å². The Kier molecular flexibility index (Phi) is 4.42. The first-order chi connectivity index (χ1) is 9.15. The Labute approximate surface area is 120 Å². The van der Waals surface area contributed by atoms with E-state index in [2.05, 4.69) is 38.3 Å². The number of nitrogens with zero attached hydrogens (tertiary/aromatic N) is 2. The fraction of sp³-hybridized carbons (Fsp3) is 0.385. The van der Waals surface area contributed by atoms with Gasteiger partial charge >= 0.3 is 0 Å². The number of H-pyrrole nitrogens is 1. The predicted octanol–water partition coefficient (Wildman–Crippen LogP) is 2.93. The molecule has 1 heterocycles. The average Bonchev–Trinajstić information content (AvgIpc) is 2.90. The molecule has 0 amide bonds. The third-order valence-corrected chi connectivity index (χ3v) is 3.70. The van der Waals surface area contributed by atoms with Gasteiger partial charge in [0.05, 0.1) is 26.1 Å². The zero-order valence-corrected chi connectivity index (χ0v) is 12.7. The molecule has 2 rings (SSSR count). The van der Waals surface area contributed by atoms with Gasteiger partial charge in [0, 0.05) is 4.47 Å². The minimum atomic E-state index is 0.291. The van der Waals surface area contributed by atoms with E-state index in [9.17, 15) is 0 Å². The maximum absolute atomic E-state index is 5.34. The number of halogens is 1. The lowest BCUT2D eigenvalue weighted by atomic mass is 9.96. The van der Waals surface area contributed by atoms with Crippen LogP contribution in [0.25, 0.3) is 0 Å². The molecule has 1 atom stereocenters. The standard InChI is InChI=1S/C13H16BrN3O2/c1-8(4-9-7-15-17-16-9)10-5-12(18-2)13(19-3)6-11(10)14/h5-8H,4H2,1-3H3,(H,15,16,17). The van der Waals surface area contributed by atoms with Gasteiger partial charge in [-0.3, -0.25) is 0 Å². The molecule has 0 bridgehead atoms. The van der Waals surface area contributed by atoms with Crippen LogP contribution in [-0.2, 0) is 6.42 Å². The second kappa shape index (κ2) is 6.06. The lowest BCUT2D eigenvalue weighted by Crippen LogP contribution is -2.02. The Hall–Kier alpha value is -1.56. The molecule has 0 saturated carbocycles. The summed E-state index contributed by atoms with van der Waals surface area (Å²) in [4.78, 5) is 0. The zero-order chi connectivity index (χ0) is 13.8. The van der Waals surface area contributed by atoms with Crippen LogP contribution in [-0.4, -0.2) is 29.6 Å². The van der Waals surface area contributed by atoms with Crippen LogP contribution in [0.4, 0.5) is 0 Å². The van der Waals surface area contributed by atoms with E-state index in [-0.39, 0.29) is 0 Å². The molecular weight excluding hydrogens is 310 g/mol. The van der Waals surface area contributed by atoms with Gasteiger partial charge in [-0.15, -0.1) is 0 Å². The number of benzene rings is 1. The molecule has 0 saturated heterocycles. The summed E-state index contributed by atoms with van der Waals surface area (Å²) in [6.07, 6.45) is 2.55. The normalized spacial score (nSPS) is 12.2. The molecule has 19 heavy (non-hydrogen) atoms. The van der Waals surface area contributed by atoms with Crippen LogP contribution in [0.1, 0.15) is 24.1 Å². The molecule has 0 aliphatic carbocycles. The van der Waals surface area contributed by atoms with Crippen LogP contribution in [0.5, 0.6) is 11.5 Å². The number of methoxy groups -OCH3 is 2. The van der Waals surface area contributed by atoms with E-state index in [1.807, 2.05) is 12.1 Å². The van der Waals surface area contributed by atoms with Crippen LogP contribution in [0.2, 0.25) is 0 Å². The maximum Gasteiger partial charge on any atom is 0.161 e. The summed E-state index contributed by atoms with van der Waals surface area (Å²) in [5, 5.41) is 10.5. The monoisotopic (exact) mass is 325 g/mol. The topological polar surface area (TPSA) is 60.0 Å². The van der Waals surface area contributed by atoms with Crippen LogP contribution in [0.15, 0.2) is 22.8 Å². The highest BCUT2D eigenvalue weighted by Gasteiger charge is 2.16. The van der Waals surface area contributed by atoms with Crippen molar-refractivity contribution in [2.45, 2.75) is 19.3 Å². The molecule has 0 aliphatic rings. The van der Waals surface area contributed by atoms with Crippen molar-refractivity contribution in [3.63, 3.8) is 0 Å². The van der Waals surface area contributed by atoms with E-state index in [1.165, 1.54) is 0 Å². The highest BCUT2D eigenvalue weighted by atomic mass is 79.9. The molecule has 5 nitrogen and oxygen atoms in total. The highest BCUT2D eigenvalue weighted by Crippen LogP contribution is 2.37. The van der Waals surface area contributed by atoms with Crippen molar-refractivity contribution >= 4 is 15.9 Å². The zero-order valence-electron chi connectivity index (χ0n) is 11.1. The molecule has 6 heteroatoms.